The Bertz CT molecular complexity index is 603. The highest BCUT2D eigenvalue weighted by Gasteiger charge is 2.03. The molecule has 0 spiro atoms. The third-order valence-electron chi connectivity index (χ3n) is 1.76. The van der Waals surface area contributed by atoms with E-state index in [1.165, 1.54) is 11.3 Å². The standard InChI is InChI=1S/C8H15N7O2S3/c9-6(15-20(12,16)17)1-2-18-4-5-3-13-8(19-5)14-7(10)11/h3H,1-2,4H2,(H2,9,15)(H2,12,16,17)(H4,10,11,13,14). The predicted octanol–water partition coefficient (Wildman–Crippen LogP) is -0.768. The molecule has 0 aromatic carbocycles. The van der Waals surface area contributed by atoms with Gasteiger partial charge >= 0.3 is 10.2 Å². The van der Waals surface area contributed by atoms with Crippen LogP contribution in [-0.4, -0.2) is 30.9 Å². The maximum atomic E-state index is 10.7. The van der Waals surface area contributed by atoms with Crippen molar-refractivity contribution in [3.8, 4) is 0 Å². The molecule has 0 aliphatic heterocycles. The average molecular weight is 337 g/mol. The number of amidine groups is 1. The highest BCUT2D eigenvalue weighted by Crippen LogP contribution is 2.24. The molecule has 0 amide bonds. The van der Waals surface area contributed by atoms with Crippen molar-refractivity contribution in [3.63, 3.8) is 0 Å². The highest BCUT2D eigenvalue weighted by atomic mass is 32.2. The largest absolute Gasteiger partial charge is 0.386 e. The molecule has 9 nitrogen and oxygen atoms in total. The molecule has 112 valence electrons. The van der Waals surface area contributed by atoms with Gasteiger partial charge in [0.25, 0.3) is 0 Å². The summed E-state index contributed by atoms with van der Waals surface area (Å²) in [6.45, 7) is 0. The average Bonchev–Trinajstić information content (AvgIpc) is 2.68. The van der Waals surface area contributed by atoms with Crippen LogP contribution in [0.2, 0.25) is 0 Å². The van der Waals surface area contributed by atoms with Crippen LogP contribution in [0.25, 0.3) is 0 Å². The Labute approximate surface area is 124 Å². The topological polar surface area (TPSA) is 176 Å². The third kappa shape index (κ3) is 7.28. The molecule has 12 heteroatoms. The summed E-state index contributed by atoms with van der Waals surface area (Å²) in [6.07, 6.45) is 2.02. The molecule has 0 atom stereocenters. The summed E-state index contributed by atoms with van der Waals surface area (Å²) in [5, 5.41) is 5.23. The van der Waals surface area contributed by atoms with E-state index < -0.39 is 10.2 Å². The molecular formula is C8H15N7O2S3. The van der Waals surface area contributed by atoms with Crippen LogP contribution >= 0.6 is 23.1 Å². The Kier molecular flexibility index (Phi) is 6.19. The SMILES string of the molecule is NC(N)=Nc1ncc(CSCCC(N)=NS(N)(=O)=O)s1. The first-order chi connectivity index (χ1) is 9.26. The second-order valence-electron chi connectivity index (χ2n) is 3.55. The second kappa shape index (κ2) is 7.42. The van der Waals surface area contributed by atoms with Gasteiger partial charge in [0.05, 0.1) is 0 Å². The number of nitrogens with two attached hydrogens (primary N) is 4. The number of nitrogens with zero attached hydrogens (tertiary/aromatic N) is 3. The lowest BCUT2D eigenvalue weighted by Gasteiger charge is -1.99. The lowest BCUT2D eigenvalue weighted by Crippen LogP contribution is -2.21. The van der Waals surface area contributed by atoms with E-state index in [9.17, 15) is 8.42 Å². The zero-order chi connectivity index (χ0) is 15.2. The van der Waals surface area contributed by atoms with Gasteiger partial charge in [-0.15, -0.1) is 4.40 Å². The van der Waals surface area contributed by atoms with Crippen LogP contribution in [0.1, 0.15) is 11.3 Å². The van der Waals surface area contributed by atoms with Gasteiger partial charge in [0.1, 0.15) is 5.84 Å². The number of aliphatic imine (C=N–C) groups is 1. The van der Waals surface area contributed by atoms with E-state index in [-0.39, 0.29) is 11.8 Å². The molecular weight excluding hydrogens is 322 g/mol. The van der Waals surface area contributed by atoms with Gasteiger partial charge in [-0.2, -0.15) is 25.2 Å². The van der Waals surface area contributed by atoms with Gasteiger partial charge in [-0.3, -0.25) is 0 Å². The van der Waals surface area contributed by atoms with Gasteiger partial charge in [-0.1, -0.05) is 11.3 Å². The van der Waals surface area contributed by atoms with Crippen molar-refractivity contribution in [3.05, 3.63) is 11.1 Å². The molecule has 0 saturated carbocycles. The first-order valence-electron chi connectivity index (χ1n) is 5.25. The van der Waals surface area contributed by atoms with Gasteiger partial charge in [0, 0.05) is 29.0 Å². The zero-order valence-electron chi connectivity index (χ0n) is 10.4. The van der Waals surface area contributed by atoms with E-state index in [4.69, 9.17) is 22.3 Å². The maximum Gasteiger partial charge on any atom is 0.318 e. The number of thiazole rings is 1. The number of aromatic nitrogens is 1. The van der Waals surface area contributed by atoms with E-state index in [1.807, 2.05) is 0 Å². The maximum absolute atomic E-state index is 10.7. The summed E-state index contributed by atoms with van der Waals surface area (Å²) in [7, 11) is -3.91. The summed E-state index contributed by atoms with van der Waals surface area (Å²) in [5.41, 5.74) is 15.9. The van der Waals surface area contributed by atoms with Crippen molar-refractivity contribution in [2.75, 3.05) is 5.75 Å². The van der Waals surface area contributed by atoms with Crippen LogP contribution in [0.4, 0.5) is 5.13 Å². The first kappa shape index (κ1) is 16.7. The Morgan fingerprint density at radius 3 is 2.70 bits per heavy atom. The molecule has 0 aliphatic rings. The smallest absolute Gasteiger partial charge is 0.318 e. The van der Waals surface area contributed by atoms with Crippen molar-refractivity contribution in [1.29, 1.82) is 0 Å². The van der Waals surface area contributed by atoms with E-state index >= 15 is 0 Å². The number of guanidine groups is 1. The molecule has 1 heterocycles. The summed E-state index contributed by atoms with van der Waals surface area (Å²) >= 11 is 2.93. The molecule has 1 aromatic heterocycles. The van der Waals surface area contributed by atoms with Gasteiger partial charge in [-0.25, -0.2) is 10.1 Å². The minimum absolute atomic E-state index is 0.00880. The Morgan fingerprint density at radius 2 is 2.10 bits per heavy atom. The zero-order valence-corrected chi connectivity index (χ0v) is 12.8. The Balaban J connectivity index is 2.37. The molecule has 8 N–H and O–H groups in total. The van der Waals surface area contributed by atoms with Crippen molar-refractivity contribution >= 4 is 50.2 Å². The molecule has 1 rings (SSSR count). The number of hydrogen-bond acceptors (Lipinski definition) is 6. The Hall–Kier alpha value is -1.37. The van der Waals surface area contributed by atoms with Gasteiger partial charge < -0.3 is 17.2 Å². The van der Waals surface area contributed by atoms with E-state index in [0.29, 0.717) is 23.1 Å². The summed E-state index contributed by atoms with van der Waals surface area (Å²) < 4.78 is 24.5. The number of rotatable bonds is 7. The lowest BCUT2D eigenvalue weighted by atomic mass is 10.5. The fourth-order valence-electron chi connectivity index (χ4n) is 1.08. The van der Waals surface area contributed by atoms with Gasteiger partial charge in [-0.05, 0) is 0 Å². The molecule has 0 bridgehead atoms. The molecule has 0 saturated heterocycles. The van der Waals surface area contributed by atoms with E-state index in [2.05, 4.69) is 14.4 Å². The highest BCUT2D eigenvalue weighted by molar-refractivity contribution is 7.98. The van der Waals surface area contributed by atoms with Crippen LogP contribution in [0, 0.1) is 0 Å². The minimum atomic E-state index is -3.91. The van der Waals surface area contributed by atoms with E-state index in [1.54, 1.807) is 18.0 Å². The van der Waals surface area contributed by atoms with E-state index in [0.717, 1.165) is 4.88 Å². The Morgan fingerprint density at radius 1 is 1.40 bits per heavy atom. The normalized spacial score (nSPS) is 12.3. The number of thioether (sulfide) groups is 1. The summed E-state index contributed by atoms with van der Waals surface area (Å²) in [4.78, 5) is 8.86. The van der Waals surface area contributed by atoms with Crippen LogP contribution in [0.3, 0.4) is 0 Å². The molecule has 20 heavy (non-hydrogen) atoms. The number of hydrogen-bond donors (Lipinski definition) is 4. The van der Waals surface area contributed by atoms with Crippen molar-refractivity contribution in [2.45, 2.75) is 12.2 Å². The molecule has 1 aromatic rings. The van der Waals surface area contributed by atoms with Gasteiger partial charge in [0.15, 0.2) is 5.96 Å². The monoisotopic (exact) mass is 337 g/mol. The fourth-order valence-corrected chi connectivity index (χ4v) is 3.36. The van der Waals surface area contributed by atoms with Crippen molar-refractivity contribution in [2.24, 2.45) is 31.7 Å². The molecule has 0 fully saturated rings. The summed E-state index contributed by atoms with van der Waals surface area (Å²) in [6, 6.07) is 0. The van der Waals surface area contributed by atoms with Gasteiger partial charge in [0.2, 0.25) is 5.13 Å². The molecule has 0 radical (unpaired) electrons. The first-order valence-corrected chi connectivity index (χ1v) is 8.73. The predicted molar refractivity (Wildman–Crippen MR) is 83.1 cm³/mol. The lowest BCUT2D eigenvalue weighted by molar-refractivity contribution is 0.599. The second-order valence-corrected chi connectivity index (χ2v) is 6.96. The van der Waals surface area contributed by atoms with Crippen LogP contribution in [0.5, 0.6) is 0 Å². The molecule has 0 aliphatic carbocycles. The molecule has 0 unspecified atom stereocenters. The van der Waals surface area contributed by atoms with Crippen LogP contribution in [0.15, 0.2) is 15.6 Å². The quantitative estimate of drug-likeness (QED) is 0.287. The minimum Gasteiger partial charge on any atom is -0.386 e. The third-order valence-corrected chi connectivity index (χ3v) is 4.33. The fraction of sp³-hybridized carbons (Fsp3) is 0.375. The van der Waals surface area contributed by atoms with Crippen molar-refractivity contribution in [1.82, 2.24) is 4.98 Å². The van der Waals surface area contributed by atoms with Crippen LogP contribution in [-0.2, 0) is 16.0 Å². The van der Waals surface area contributed by atoms with Crippen LogP contribution < -0.4 is 22.3 Å². The van der Waals surface area contributed by atoms with Crippen molar-refractivity contribution < 1.29 is 8.42 Å². The summed E-state index contributed by atoms with van der Waals surface area (Å²) in [5.74, 6) is 1.26.